The molecule has 2 unspecified atom stereocenters. The predicted octanol–water partition coefficient (Wildman–Crippen LogP) is 6.36. The van der Waals surface area contributed by atoms with Crippen LogP contribution in [0.4, 0.5) is 0 Å². The molecule has 0 nitrogen and oxygen atoms in total. The number of hydrogen-bond donors (Lipinski definition) is 0. The lowest BCUT2D eigenvalue weighted by Gasteiger charge is -2.30. The van der Waals surface area contributed by atoms with E-state index in [2.05, 4.69) is 44.2 Å². The van der Waals surface area contributed by atoms with Crippen molar-refractivity contribution in [3.05, 3.63) is 69.2 Å². The SMILES string of the molecule is Cc1cc(Cl)c(C(Cl)C2CCCc3ccccc32)cc1C. The van der Waals surface area contributed by atoms with Crippen LogP contribution in [0.2, 0.25) is 5.02 Å². The highest BCUT2D eigenvalue weighted by atomic mass is 35.5. The molecule has 2 aromatic rings. The molecule has 2 heteroatoms. The van der Waals surface area contributed by atoms with Gasteiger partial charge < -0.3 is 0 Å². The molecular weight excluding hydrogens is 299 g/mol. The van der Waals surface area contributed by atoms with Crippen LogP contribution in [0.15, 0.2) is 36.4 Å². The van der Waals surface area contributed by atoms with Crippen molar-refractivity contribution in [1.29, 1.82) is 0 Å². The Morgan fingerprint density at radius 2 is 1.81 bits per heavy atom. The summed E-state index contributed by atoms with van der Waals surface area (Å²) in [6.45, 7) is 4.21. The van der Waals surface area contributed by atoms with Gasteiger partial charge in [-0.25, -0.2) is 0 Å². The minimum Gasteiger partial charge on any atom is -0.117 e. The second kappa shape index (κ2) is 6.02. The lowest BCUT2D eigenvalue weighted by molar-refractivity contribution is 0.538. The van der Waals surface area contributed by atoms with Crippen molar-refractivity contribution in [3.8, 4) is 0 Å². The Hall–Kier alpha value is -0.980. The molecule has 2 atom stereocenters. The van der Waals surface area contributed by atoms with Crippen molar-refractivity contribution >= 4 is 23.2 Å². The highest BCUT2D eigenvalue weighted by molar-refractivity contribution is 6.33. The van der Waals surface area contributed by atoms with Crippen LogP contribution in [0, 0.1) is 13.8 Å². The number of fused-ring (bicyclic) bond motifs is 1. The van der Waals surface area contributed by atoms with Gasteiger partial charge in [0, 0.05) is 10.9 Å². The lowest BCUT2D eigenvalue weighted by Crippen LogP contribution is -2.14. The fourth-order valence-corrected chi connectivity index (χ4v) is 4.16. The van der Waals surface area contributed by atoms with Crippen LogP contribution < -0.4 is 0 Å². The number of rotatable bonds is 2. The zero-order valence-electron chi connectivity index (χ0n) is 12.5. The summed E-state index contributed by atoms with van der Waals surface area (Å²) in [7, 11) is 0. The van der Waals surface area contributed by atoms with Crippen LogP contribution in [-0.4, -0.2) is 0 Å². The summed E-state index contributed by atoms with van der Waals surface area (Å²) in [5.41, 5.74) is 6.39. The van der Waals surface area contributed by atoms with Crippen LogP contribution in [0.1, 0.15) is 52.0 Å². The molecule has 0 spiro atoms. The molecule has 0 aliphatic heterocycles. The maximum Gasteiger partial charge on any atom is 0.0668 e. The Labute approximate surface area is 137 Å². The summed E-state index contributed by atoms with van der Waals surface area (Å²) in [6.07, 6.45) is 3.50. The zero-order valence-corrected chi connectivity index (χ0v) is 14.0. The topological polar surface area (TPSA) is 0 Å². The van der Waals surface area contributed by atoms with E-state index < -0.39 is 0 Å². The summed E-state index contributed by atoms with van der Waals surface area (Å²) in [4.78, 5) is 0. The highest BCUT2D eigenvalue weighted by Crippen LogP contribution is 2.45. The third kappa shape index (κ3) is 2.84. The molecule has 0 N–H and O–H groups in total. The van der Waals surface area contributed by atoms with Crippen LogP contribution in [0.3, 0.4) is 0 Å². The largest absolute Gasteiger partial charge is 0.117 e. The Bertz CT molecular complexity index is 661. The number of aryl methyl sites for hydroxylation is 3. The number of benzene rings is 2. The van der Waals surface area contributed by atoms with Crippen molar-refractivity contribution in [2.45, 2.75) is 44.4 Å². The van der Waals surface area contributed by atoms with Gasteiger partial charge in [-0.1, -0.05) is 41.9 Å². The molecule has 21 heavy (non-hydrogen) atoms. The first-order valence-electron chi connectivity index (χ1n) is 7.56. The van der Waals surface area contributed by atoms with Crippen LogP contribution in [0.25, 0.3) is 0 Å². The van der Waals surface area contributed by atoms with Gasteiger partial charge in [-0.2, -0.15) is 0 Å². The van der Waals surface area contributed by atoms with Gasteiger partial charge in [0.2, 0.25) is 0 Å². The summed E-state index contributed by atoms with van der Waals surface area (Å²) >= 11 is 13.3. The lowest BCUT2D eigenvalue weighted by atomic mass is 9.79. The smallest absolute Gasteiger partial charge is 0.0668 e. The summed E-state index contributed by atoms with van der Waals surface area (Å²) in [5.74, 6) is 0.358. The van der Waals surface area contributed by atoms with E-state index in [1.807, 2.05) is 6.07 Å². The van der Waals surface area contributed by atoms with Gasteiger partial charge in [-0.15, -0.1) is 11.6 Å². The van der Waals surface area contributed by atoms with Crippen molar-refractivity contribution < 1.29 is 0 Å². The molecule has 2 aromatic carbocycles. The van der Waals surface area contributed by atoms with Crippen LogP contribution >= 0.6 is 23.2 Å². The number of halogens is 2. The number of hydrogen-bond acceptors (Lipinski definition) is 0. The van der Waals surface area contributed by atoms with Gasteiger partial charge >= 0.3 is 0 Å². The maximum absolute atomic E-state index is 6.86. The first kappa shape index (κ1) is 14.9. The molecule has 0 heterocycles. The van der Waals surface area contributed by atoms with Gasteiger partial charge in [0.15, 0.2) is 0 Å². The Morgan fingerprint density at radius 3 is 2.62 bits per heavy atom. The first-order chi connectivity index (χ1) is 10.1. The standard InChI is InChI=1S/C19H20Cl2/c1-12-10-17(18(20)11-13(12)2)19(21)16-9-5-7-14-6-3-4-8-15(14)16/h3-4,6,8,10-11,16,19H,5,7,9H2,1-2H3. The molecule has 0 radical (unpaired) electrons. The Morgan fingerprint density at radius 1 is 1.10 bits per heavy atom. The summed E-state index contributed by atoms with van der Waals surface area (Å²) in [5, 5.41) is 0.736. The zero-order chi connectivity index (χ0) is 15.0. The first-order valence-corrected chi connectivity index (χ1v) is 8.38. The third-order valence-electron chi connectivity index (χ3n) is 4.68. The molecule has 1 aliphatic rings. The van der Waals surface area contributed by atoms with Gasteiger partial charge in [0.05, 0.1) is 5.38 Å². The van der Waals surface area contributed by atoms with E-state index in [-0.39, 0.29) is 5.38 Å². The fraction of sp³-hybridized carbons (Fsp3) is 0.368. The van der Waals surface area contributed by atoms with Crippen LogP contribution in [-0.2, 0) is 6.42 Å². The van der Waals surface area contributed by atoms with Crippen molar-refractivity contribution in [1.82, 2.24) is 0 Å². The molecule has 1 aliphatic carbocycles. The van der Waals surface area contributed by atoms with Crippen LogP contribution in [0.5, 0.6) is 0 Å². The molecule has 3 rings (SSSR count). The molecule has 0 bridgehead atoms. The van der Waals surface area contributed by atoms with E-state index in [9.17, 15) is 0 Å². The average molecular weight is 319 g/mol. The molecule has 0 fully saturated rings. The van der Waals surface area contributed by atoms with E-state index in [1.165, 1.54) is 28.7 Å². The normalized spacial score (nSPS) is 19.1. The van der Waals surface area contributed by atoms with E-state index in [0.717, 1.165) is 23.4 Å². The second-order valence-corrected chi connectivity index (χ2v) is 6.93. The van der Waals surface area contributed by atoms with Gasteiger partial charge in [-0.3, -0.25) is 0 Å². The predicted molar refractivity (Wildman–Crippen MR) is 91.6 cm³/mol. The molecule has 0 aromatic heterocycles. The molecule has 0 saturated heterocycles. The van der Waals surface area contributed by atoms with Gasteiger partial charge in [0.1, 0.15) is 0 Å². The fourth-order valence-electron chi connectivity index (χ4n) is 3.33. The monoisotopic (exact) mass is 318 g/mol. The van der Waals surface area contributed by atoms with E-state index in [1.54, 1.807) is 0 Å². The van der Waals surface area contributed by atoms with Crippen molar-refractivity contribution in [2.24, 2.45) is 0 Å². The molecule has 110 valence electrons. The third-order valence-corrected chi connectivity index (χ3v) is 5.55. The summed E-state index contributed by atoms with van der Waals surface area (Å²) in [6, 6.07) is 12.9. The average Bonchev–Trinajstić information content (AvgIpc) is 2.49. The van der Waals surface area contributed by atoms with Gasteiger partial charge in [0.25, 0.3) is 0 Å². The summed E-state index contributed by atoms with van der Waals surface area (Å²) < 4.78 is 0. The van der Waals surface area contributed by atoms with Gasteiger partial charge in [-0.05, 0) is 67.0 Å². The van der Waals surface area contributed by atoms with E-state index in [4.69, 9.17) is 23.2 Å². The van der Waals surface area contributed by atoms with E-state index in [0.29, 0.717) is 5.92 Å². The minimum atomic E-state index is -0.0572. The van der Waals surface area contributed by atoms with Crippen molar-refractivity contribution in [2.75, 3.05) is 0 Å². The minimum absolute atomic E-state index is 0.0572. The second-order valence-electron chi connectivity index (χ2n) is 6.06. The molecule has 0 saturated carbocycles. The Kier molecular flexibility index (Phi) is 4.28. The quantitative estimate of drug-likeness (QED) is 0.565. The maximum atomic E-state index is 6.86. The highest BCUT2D eigenvalue weighted by Gasteiger charge is 2.28. The van der Waals surface area contributed by atoms with E-state index >= 15 is 0 Å². The molecular formula is C19H20Cl2. The molecule has 0 amide bonds. The number of alkyl halides is 1. The van der Waals surface area contributed by atoms with Crippen molar-refractivity contribution in [3.63, 3.8) is 0 Å². The Balaban J connectivity index is 2.00.